The predicted molar refractivity (Wildman–Crippen MR) is 106 cm³/mol. The lowest BCUT2D eigenvalue weighted by Gasteiger charge is -2.12. The average molecular weight is 383 g/mol. The summed E-state index contributed by atoms with van der Waals surface area (Å²) < 4.78 is 11.1. The molecule has 0 aliphatic carbocycles. The minimum atomic E-state index is -0.334. The quantitative estimate of drug-likeness (QED) is 0.767. The maximum atomic E-state index is 12.5. The second kappa shape index (κ2) is 9.32. The molecule has 2 heterocycles. The second-order valence-corrected chi connectivity index (χ2v) is 6.95. The second-order valence-electron chi connectivity index (χ2n) is 6.95. The number of nitrogens with zero attached hydrogens (tertiary/aromatic N) is 1. The van der Waals surface area contributed by atoms with Gasteiger partial charge in [-0.15, -0.1) is 0 Å². The van der Waals surface area contributed by atoms with E-state index in [-0.39, 0.29) is 24.0 Å². The number of nitrogens with one attached hydrogen (secondary N) is 2. The first-order chi connectivity index (χ1) is 13.5. The van der Waals surface area contributed by atoms with Crippen molar-refractivity contribution in [3.05, 3.63) is 53.9 Å². The van der Waals surface area contributed by atoms with Gasteiger partial charge in [0.2, 0.25) is 0 Å². The van der Waals surface area contributed by atoms with E-state index in [2.05, 4.69) is 15.6 Å². The first-order valence-electron chi connectivity index (χ1n) is 9.44. The predicted octanol–water partition coefficient (Wildman–Crippen LogP) is 3.03. The van der Waals surface area contributed by atoms with Crippen LogP contribution in [0, 0.1) is 0 Å². The molecule has 1 saturated heterocycles. The maximum Gasteiger partial charge on any atom is 0.257 e. The molecule has 1 fully saturated rings. The molecule has 0 bridgehead atoms. The van der Waals surface area contributed by atoms with E-state index in [1.165, 1.54) is 18.5 Å². The fourth-order valence-corrected chi connectivity index (χ4v) is 2.89. The van der Waals surface area contributed by atoms with E-state index in [9.17, 15) is 9.59 Å². The Morgan fingerprint density at radius 1 is 1.18 bits per heavy atom. The molecule has 1 aromatic carbocycles. The van der Waals surface area contributed by atoms with Crippen LogP contribution in [0.5, 0.6) is 5.75 Å². The molecule has 0 saturated carbocycles. The molecule has 0 radical (unpaired) electrons. The molecule has 7 heteroatoms. The van der Waals surface area contributed by atoms with Crippen molar-refractivity contribution in [2.45, 2.75) is 38.9 Å². The summed E-state index contributed by atoms with van der Waals surface area (Å²) in [4.78, 5) is 28.8. The number of carbonyl (C=O) groups excluding carboxylic acids is 2. The highest BCUT2D eigenvalue weighted by Crippen LogP contribution is 2.18. The summed E-state index contributed by atoms with van der Waals surface area (Å²) >= 11 is 0. The molecule has 1 unspecified atom stereocenters. The third kappa shape index (κ3) is 5.53. The van der Waals surface area contributed by atoms with Crippen molar-refractivity contribution in [2.24, 2.45) is 0 Å². The number of rotatable bonds is 7. The lowest BCUT2D eigenvalue weighted by atomic mass is 10.1. The van der Waals surface area contributed by atoms with Crippen molar-refractivity contribution < 1.29 is 19.1 Å². The number of benzene rings is 1. The number of carbonyl (C=O) groups is 2. The molecule has 2 amide bonds. The van der Waals surface area contributed by atoms with E-state index >= 15 is 0 Å². The van der Waals surface area contributed by atoms with E-state index in [0.717, 1.165) is 25.2 Å². The third-order valence-corrected chi connectivity index (χ3v) is 4.26. The molecule has 7 nitrogen and oxygen atoms in total. The van der Waals surface area contributed by atoms with Crippen LogP contribution in [0.4, 0.5) is 5.69 Å². The summed E-state index contributed by atoms with van der Waals surface area (Å²) in [6.45, 7) is 5.10. The largest absolute Gasteiger partial charge is 0.491 e. The Hall–Kier alpha value is -2.93. The lowest BCUT2D eigenvalue weighted by molar-refractivity contribution is 0.0857. The number of ether oxygens (including phenoxy) is 2. The molecule has 1 aliphatic heterocycles. The molecule has 0 spiro atoms. The molecule has 2 N–H and O–H groups in total. The van der Waals surface area contributed by atoms with Crippen LogP contribution >= 0.6 is 0 Å². The zero-order valence-electron chi connectivity index (χ0n) is 16.1. The standard InChI is InChI=1S/C21H25N3O4/c1-14(2)28-18-7-5-17(6-8-18)24-21(26)16-10-15(11-22-12-16)20(25)23-13-19-4-3-9-27-19/h5-8,10-12,14,19H,3-4,9,13H2,1-2H3,(H,23,25)(H,24,26). The molecule has 1 aliphatic rings. The summed E-state index contributed by atoms with van der Waals surface area (Å²) in [5.41, 5.74) is 1.29. The van der Waals surface area contributed by atoms with E-state index in [1.807, 2.05) is 13.8 Å². The summed E-state index contributed by atoms with van der Waals surface area (Å²) in [5.74, 6) is 0.131. The van der Waals surface area contributed by atoms with E-state index < -0.39 is 0 Å². The molecule has 28 heavy (non-hydrogen) atoms. The summed E-state index contributed by atoms with van der Waals surface area (Å²) in [7, 11) is 0. The van der Waals surface area contributed by atoms with Crippen LogP contribution in [0.1, 0.15) is 47.4 Å². The van der Waals surface area contributed by atoms with Crippen molar-refractivity contribution >= 4 is 17.5 Å². The van der Waals surface area contributed by atoms with Crippen LogP contribution in [0.2, 0.25) is 0 Å². The van der Waals surface area contributed by atoms with Crippen molar-refractivity contribution in [2.75, 3.05) is 18.5 Å². The van der Waals surface area contributed by atoms with E-state index in [1.54, 1.807) is 24.3 Å². The van der Waals surface area contributed by atoms with Crippen molar-refractivity contribution in [3.63, 3.8) is 0 Å². The number of hydrogen-bond donors (Lipinski definition) is 2. The van der Waals surface area contributed by atoms with Gasteiger partial charge in [-0.1, -0.05) is 0 Å². The maximum absolute atomic E-state index is 12.5. The van der Waals surface area contributed by atoms with Crippen LogP contribution in [-0.2, 0) is 4.74 Å². The molecular formula is C21H25N3O4. The van der Waals surface area contributed by atoms with Crippen LogP contribution < -0.4 is 15.4 Å². The number of aromatic nitrogens is 1. The molecule has 1 atom stereocenters. The molecule has 1 aromatic heterocycles. The van der Waals surface area contributed by atoms with E-state index in [4.69, 9.17) is 9.47 Å². The van der Waals surface area contributed by atoms with Crippen molar-refractivity contribution in [3.8, 4) is 5.75 Å². The number of hydrogen-bond acceptors (Lipinski definition) is 5. The van der Waals surface area contributed by atoms with Crippen LogP contribution in [0.3, 0.4) is 0 Å². The Balaban J connectivity index is 1.59. The van der Waals surface area contributed by atoms with Crippen LogP contribution in [0.25, 0.3) is 0 Å². The normalized spacial score (nSPS) is 16.0. The SMILES string of the molecule is CC(C)Oc1ccc(NC(=O)c2cncc(C(=O)NCC3CCCO3)c2)cc1. The fraction of sp³-hybridized carbons (Fsp3) is 0.381. The first-order valence-corrected chi connectivity index (χ1v) is 9.44. The number of amides is 2. The average Bonchev–Trinajstić information content (AvgIpc) is 3.21. The topological polar surface area (TPSA) is 89.5 Å². The van der Waals surface area contributed by atoms with Gasteiger partial charge in [0.15, 0.2) is 0 Å². The zero-order chi connectivity index (χ0) is 19.9. The summed E-state index contributed by atoms with van der Waals surface area (Å²) in [6, 6.07) is 8.65. The van der Waals surface area contributed by atoms with Crippen molar-refractivity contribution in [1.29, 1.82) is 0 Å². The number of pyridine rings is 1. The van der Waals surface area contributed by atoms with Crippen molar-refractivity contribution in [1.82, 2.24) is 10.3 Å². The summed E-state index contributed by atoms with van der Waals surface area (Å²) in [6.07, 6.45) is 4.98. The Bertz CT molecular complexity index is 815. The van der Waals surface area contributed by atoms with Gasteiger partial charge >= 0.3 is 0 Å². The Labute approximate surface area is 164 Å². The highest BCUT2D eigenvalue weighted by atomic mass is 16.5. The third-order valence-electron chi connectivity index (χ3n) is 4.26. The Kier molecular flexibility index (Phi) is 6.60. The van der Waals surface area contributed by atoms with Gasteiger partial charge in [-0.25, -0.2) is 0 Å². The van der Waals surface area contributed by atoms with E-state index in [0.29, 0.717) is 23.4 Å². The highest BCUT2D eigenvalue weighted by Gasteiger charge is 2.17. The minimum absolute atomic E-state index is 0.0611. The van der Waals surface area contributed by atoms with Crippen LogP contribution in [0.15, 0.2) is 42.7 Å². The van der Waals surface area contributed by atoms with Gasteiger partial charge in [0.05, 0.1) is 23.3 Å². The first kappa shape index (κ1) is 19.8. The summed E-state index contributed by atoms with van der Waals surface area (Å²) in [5, 5.41) is 5.62. The van der Waals surface area contributed by atoms with Gasteiger partial charge in [-0.05, 0) is 57.0 Å². The van der Waals surface area contributed by atoms with Gasteiger partial charge in [0.1, 0.15) is 5.75 Å². The molecular weight excluding hydrogens is 358 g/mol. The highest BCUT2D eigenvalue weighted by molar-refractivity contribution is 6.05. The zero-order valence-corrected chi connectivity index (χ0v) is 16.1. The molecule has 148 valence electrons. The monoisotopic (exact) mass is 383 g/mol. The van der Waals surface area contributed by atoms with Gasteiger partial charge in [0.25, 0.3) is 11.8 Å². The number of anilines is 1. The molecule has 3 rings (SSSR count). The van der Waals surface area contributed by atoms with Gasteiger partial charge < -0.3 is 20.1 Å². The van der Waals surface area contributed by atoms with Gasteiger partial charge in [-0.2, -0.15) is 0 Å². The Morgan fingerprint density at radius 2 is 1.89 bits per heavy atom. The Morgan fingerprint density at radius 3 is 2.54 bits per heavy atom. The fourth-order valence-electron chi connectivity index (χ4n) is 2.89. The van der Waals surface area contributed by atoms with Gasteiger partial charge in [0, 0.05) is 31.2 Å². The lowest BCUT2D eigenvalue weighted by Crippen LogP contribution is -2.32. The molecule has 2 aromatic rings. The smallest absolute Gasteiger partial charge is 0.257 e. The minimum Gasteiger partial charge on any atom is -0.491 e. The van der Waals surface area contributed by atoms with Gasteiger partial charge in [-0.3, -0.25) is 14.6 Å². The van der Waals surface area contributed by atoms with Crippen LogP contribution in [-0.4, -0.2) is 42.2 Å².